The molecule has 0 bridgehead atoms. The summed E-state index contributed by atoms with van der Waals surface area (Å²) in [6, 6.07) is -7.92. The predicted octanol–water partition coefficient (Wildman–Crippen LogP) is -0.454. The fraction of sp³-hybridized carbons (Fsp3) is 0.696. The van der Waals surface area contributed by atoms with Gasteiger partial charge in [0.25, 0.3) is 11.8 Å². The number of nitrogens with one attached hydrogen (secondary N) is 5. The fourth-order valence-corrected chi connectivity index (χ4v) is 7.25. The minimum Gasteiger partial charge on any atom is -0.465 e. The smallest absolute Gasteiger partial charge is 0.328 e. The number of amides is 10. The number of carbonyl (C=O) groups is 10. The summed E-state index contributed by atoms with van der Waals surface area (Å²) in [7, 11) is 1.57. The van der Waals surface area contributed by atoms with Crippen LogP contribution in [0.15, 0.2) is 25.3 Å². The summed E-state index contributed by atoms with van der Waals surface area (Å²) < 4.78 is 9.77. The standard InChI is InChI=1S/C23H39N5O7.C22H37N5O7.CH4.Ac.ClH/c1-7-10-15(19(30)21(32)25-11-8-2)26-20(31)16-12-27(13-17(29)35-9-3)23(34)28(16)22(33)18(24-6)14(4)5;1-6-9-14(18(29)20(31)24-10-7-2)25-19(30)15-11-26(12-16(28)34-8-3)22(33)27(15)21(32)17(23)13(4)5;;;/h8,14-16,18-19,24,30H,2,7,9-13H2,1,3-6H3,(H,25,32)(H,26,31);7,13-15,17-18,29H,2,6,8-12,23H2,1,3-5H3,(H,24,31)(H,25,30);1H4;;1H. The molecule has 2 fully saturated rings. The first-order valence-corrected chi connectivity index (χ1v) is 23.2. The number of hydrogen-bond acceptors (Lipinski definition) is 16. The number of imide groups is 2. The fourth-order valence-electron chi connectivity index (χ4n) is 7.25. The Hall–Kier alpha value is -4.25. The van der Waals surface area contributed by atoms with Crippen molar-refractivity contribution in [1.82, 2.24) is 46.2 Å². The van der Waals surface area contributed by atoms with Gasteiger partial charge in [-0.3, -0.25) is 38.4 Å². The SMILES string of the molecule is C.C=CCNC(=O)C(O)C(CCC)NC(=O)C1CN(CC(=O)OCC)C(=O)N1C(=O)C(N)C(C)C.C=CCNC(=O)C(O)C(CCC)NC(=O)C1CN(CC(=O)OCC)C(=O)N1C(=O)C(NC)C(C)C.Cl.[Ac]. The van der Waals surface area contributed by atoms with Crippen molar-refractivity contribution in [3.63, 3.8) is 0 Å². The van der Waals surface area contributed by atoms with Gasteiger partial charge in [-0.25, -0.2) is 19.4 Å². The number of esters is 2. The first-order valence-electron chi connectivity index (χ1n) is 23.2. The molecular weight excluding hydrogens is 1180 g/mol. The summed E-state index contributed by atoms with van der Waals surface area (Å²) in [5.74, 6) is -6.07. The topological polar surface area (TPSA) is 329 Å². The third-order valence-electron chi connectivity index (χ3n) is 10.9. The Morgan fingerprint density at radius 2 is 1.06 bits per heavy atom. The van der Waals surface area contributed by atoms with E-state index in [1.165, 1.54) is 12.2 Å². The van der Waals surface area contributed by atoms with Crippen LogP contribution in [0.2, 0.25) is 0 Å². The minimum atomic E-state index is -1.56. The second kappa shape index (κ2) is 36.6. The van der Waals surface area contributed by atoms with E-state index < -0.39 is 121 Å². The first kappa shape index (κ1) is 72.0. The molecule has 0 aromatic heterocycles. The molecule has 2 heterocycles. The van der Waals surface area contributed by atoms with Crippen molar-refractivity contribution in [3.05, 3.63) is 25.3 Å². The van der Waals surface area contributed by atoms with E-state index in [1.54, 1.807) is 48.6 Å². The summed E-state index contributed by atoms with van der Waals surface area (Å²) in [5.41, 5.74) is 5.96. The molecule has 8 atom stereocenters. The Bertz CT molecular complexity index is 1830. The zero-order chi connectivity index (χ0) is 52.7. The monoisotopic (exact) mass is 1260 g/mol. The van der Waals surface area contributed by atoms with Gasteiger partial charge in [0.05, 0.1) is 50.5 Å². The predicted molar refractivity (Wildman–Crippen MR) is 265 cm³/mol. The Labute approximate surface area is 466 Å². The number of halogens is 1. The Kier molecular flexibility index (Phi) is 36.6. The van der Waals surface area contributed by atoms with Crippen LogP contribution in [-0.4, -0.2) is 197 Å². The number of hydrogen-bond donors (Lipinski definition) is 8. The van der Waals surface area contributed by atoms with Crippen LogP contribution in [-0.2, 0) is 47.8 Å². The molecule has 0 aromatic carbocycles. The minimum absolute atomic E-state index is 0. The van der Waals surface area contributed by atoms with E-state index >= 15 is 0 Å². The molecule has 2 aliphatic rings. The molecule has 24 nitrogen and oxygen atoms in total. The van der Waals surface area contributed by atoms with E-state index in [1.807, 2.05) is 13.8 Å². The van der Waals surface area contributed by atoms with Gasteiger partial charge in [0.2, 0.25) is 23.6 Å². The first-order chi connectivity index (χ1) is 32.5. The van der Waals surface area contributed by atoms with Gasteiger partial charge in [0, 0.05) is 57.2 Å². The molecule has 2 aliphatic heterocycles. The zero-order valence-electron chi connectivity index (χ0n) is 42.5. The van der Waals surface area contributed by atoms with Gasteiger partial charge in [-0.1, -0.05) is 74.0 Å². The van der Waals surface area contributed by atoms with Gasteiger partial charge < -0.3 is 61.8 Å². The van der Waals surface area contributed by atoms with E-state index in [2.05, 4.69) is 39.7 Å². The van der Waals surface area contributed by atoms with Crippen molar-refractivity contribution in [1.29, 1.82) is 0 Å². The molecule has 72 heavy (non-hydrogen) atoms. The van der Waals surface area contributed by atoms with Gasteiger partial charge in [-0.15, -0.1) is 25.6 Å². The molecule has 1 radical (unpaired) electrons. The van der Waals surface area contributed by atoms with Crippen LogP contribution in [0.4, 0.5) is 9.59 Å². The number of carbonyl (C=O) groups excluding carboxylic acids is 10. The molecule has 8 unspecified atom stereocenters. The van der Waals surface area contributed by atoms with E-state index in [0.29, 0.717) is 12.8 Å². The molecule has 10 amide bonds. The molecule has 409 valence electrons. The molecule has 26 heteroatoms. The molecule has 9 N–H and O–H groups in total. The van der Waals surface area contributed by atoms with E-state index in [9.17, 15) is 58.2 Å². The van der Waals surface area contributed by atoms with E-state index in [0.717, 1.165) is 19.6 Å². The second-order valence-electron chi connectivity index (χ2n) is 16.9. The van der Waals surface area contributed by atoms with Crippen molar-refractivity contribution >= 4 is 71.9 Å². The average molecular weight is 1260 g/mol. The molecule has 0 aliphatic carbocycles. The van der Waals surface area contributed by atoms with Crippen molar-refractivity contribution < 1.29 is 112 Å². The van der Waals surface area contributed by atoms with Crippen LogP contribution in [0.25, 0.3) is 0 Å². The average Bonchev–Trinajstić information content (AvgIpc) is 3.80. The summed E-state index contributed by atoms with van der Waals surface area (Å²) in [5, 5.41) is 33.9. The Morgan fingerprint density at radius 1 is 0.694 bits per heavy atom. The number of aliphatic hydroxyl groups excluding tert-OH is 2. The quantitative estimate of drug-likeness (QED) is 0.0381. The maximum Gasteiger partial charge on any atom is 0.328 e. The van der Waals surface area contributed by atoms with Crippen LogP contribution in [0.1, 0.15) is 88.5 Å². The molecular formula is C46H81AcClN10O14. The van der Waals surface area contributed by atoms with E-state index in [-0.39, 0.29) is 128 Å². The molecule has 2 rings (SSSR count). The van der Waals surface area contributed by atoms with Crippen LogP contribution in [0.5, 0.6) is 0 Å². The van der Waals surface area contributed by atoms with Gasteiger partial charge >= 0.3 is 24.0 Å². The zero-order valence-corrected chi connectivity index (χ0v) is 48.0. The number of aliphatic hydroxyl groups is 2. The van der Waals surface area contributed by atoms with Gasteiger partial charge in [-0.2, -0.15) is 0 Å². The normalized spacial score (nSPS) is 17.5. The number of rotatable bonds is 27. The third-order valence-corrected chi connectivity index (χ3v) is 10.9. The third kappa shape index (κ3) is 21.3. The maximum atomic E-state index is 13.3. The van der Waals surface area contributed by atoms with Crippen molar-refractivity contribution in [2.75, 3.05) is 59.5 Å². The molecule has 2 saturated heterocycles. The van der Waals surface area contributed by atoms with E-state index in [4.69, 9.17) is 15.2 Å². The van der Waals surface area contributed by atoms with Gasteiger partial charge in [-0.05, 0) is 45.6 Å². The van der Waals surface area contributed by atoms with Crippen LogP contribution in [0.3, 0.4) is 0 Å². The largest absolute Gasteiger partial charge is 0.465 e. The van der Waals surface area contributed by atoms with Crippen molar-refractivity contribution in [2.45, 2.75) is 137 Å². The second-order valence-corrected chi connectivity index (χ2v) is 16.9. The number of urea groups is 2. The Balaban J connectivity index is -0.00000127. The molecule has 0 aromatic rings. The van der Waals surface area contributed by atoms with Crippen molar-refractivity contribution in [3.8, 4) is 0 Å². The Morgan fingerprint density at radius 3 is 1.35 bits per heavy atom. The van der Waals surface area contributed by atoms with Crippen molar-refractivity contribution in [2.24, 2.45) is 17.6 Å². The van der Waals surface area contributed by atoms with Crippen LogP contribution >= 0.6 is 12.4 Å². The summed E-state index contributed by atoms with van der Waals surface area (Å²) in [6.07, 6.45) is 1.43. The maximum absolute atomic E-state index is 13.3. The number of nitrogens with zero attached hydrogens (tertiary/aromatic N) is 4. The molecule has 0 spiro atoms. The van der Waals surface area contributed by atoms with Crippen LogP contribution in [0, 0.1) is 55.9 Å². The summed E-state index contributed by atoms with van der Waals surface area (Å²) in [6.45, 7) is 20.0. The molecule has 0 saturated carbocycles. The number of nitrogens with two attached hydrogens (primary N) is 1. The summed E-state index contributed by atoms with van der Waals surface area (Å²) in [4.78, 5) is 131. The number of ether oxygens (including phenoxy) is 2. The van der Waals surface area contributed by atoms with Gasteiger partial charge in [0.15, 0.2) is 12.2 Å². The van der Waals surface area contributed by atoms with Gasteiger partial charge in [0.1, 0.15) is 25.2 Å². The van der Waals surface area contributed by atoms with Crippen LogP contribution < -0.4 is 32.3 Å². The summed E-state index contributed by atoms with van der Waals surface area (Å²) >= 11 is 0. The number of likely N-dealkylation sites (N-methyl/N-ethyl adjacent to an activating group) is 1.